The molecule has 0 aliphatic heterocycles. The molecule has 7 nitrogen and oxygen atoms in total. The maximum Gasteiger partial charge on any atom is 0.336 e. The number of amides is 1. The van der Waals surface area contributed by atoms with Crippen molar-refractivity contribution >= 4 is 28.4 Å². The predicted octanol–water partition coefficient (Wildman–Crippen LogP) is 2.09. The molecule has 1 aromatic heterocycles. The zero-order valence-corrected chi connectivity index (χ0v) is 15.9. The molecule has 0 bridgehead atoms. The minimum absolute atomic E-state index is 0.169. The van der Waals surface area contributed by atoms with Gasteiger partial charge in [0.15, 0.2) is 0 Å². The molecule has 4 rings (SSSR count). The molecule has 28 heavy (non-hydrogen) atoms. The number of carbonyl (C=O) groups excluding carboxylic acids is 1. The van der Waals surface area contributed by atoms with Gasteiger partial charge in [-0.1, -0.05) is 17.7 Å². The van der Waals surface area contributed by atoms with E-state index in [4.69, 9.17) is 16.3 Å². The van der Waals surface area contributed by atoms with Crippen molar-refractivity contribution in [2.45, 2.75) is 25.4 Å². The first-order valence-electron chi connectivity index (χ1n) is 8.87. The molecule has 0 atom stereocenters. The van der Waals surface area contributed by atoms with Gasteiger partial charge in [0.1, 0.15) is 12.3 Å². The van der Waals surface area contributed by atoms with Crippen LogP contribution in [0.3, 0.4) is 0 Å². The van der Waals surface area contributed by atoms with Crippen LogP contribution >= 0.6 is 11.6 Å². The second-order valence-corrected chi connectivity index (χ2v) is 7.15. The average molecular weight is 400 g/mol. The summed E-state index contributed by atoms with van der Waals surface area (Å²) in [6, 6.07) is 11.5. The van der Waals surface area contributed by atoms with E-state index in [9.17, 15) is 14.4 Å². The highest BCUT2D eigenvalue weighted by molar-refractivity contribution is 6.31. The number of benzene rings is 2. The fraction of sp³-hybridized carbons (Fsp3) is 0.250. The van der Waals surface area contributed by atoms with Crippen molar-refractivity contribution in [1.82, 2.24) is 14.5 Å². The predicted molar refractivity (Wildman–Crippen MR) is 107 cm³/mol. The molecule has 1 amide bonds. The highest BCUT2D eigenvalue weighted by atomic mass is 35.5. The topological polar surface area (TPSA) is 82.3 Å². The zero-order valence-electron chi connectivity index (χ0n) is 15.1. The van der Waals surface area contributed by atoms with Crippen LogP contribution in [0.1, 0.15) is 12.8 Å². The SMILES string of the molecule is COc1cccc(-n2c(=O)c3ccc(Cl)cc3n(CC(=O)NC3CC3)c2=O)c1. The second kappa shape index (κ2) is 7.16. The van der Waals surface area contributed by atoms with Crippen LogP contribution in [0, 0.1) is 0 Å². The Morgan fingerprint density at radius 1 is 1.21 bits per heavy atom. The standard InChI is InChI=1S/C20H18ClN3O4/c1-28-15-4-2-3-14(10-15)24-19(26)16-8-5-12(21)9-17(16)23(20(24)27)11-18(25)22-13-6-7-13/h2-5,8-10,13H,6-7,11H2,1H3,(H,22,25). The fourth-order valence-electron chi connectivity index (χ4n) is 3.11. The van der Waals surface area contributed by atoms with Crippen LogP contribution < -0.4 is 21.3 Å². The lowest BCUT2D eigenvalue weighted by atomic mass is 10.2. The van der Waals surface area contributed by atoms with E-state index < -0.39 is 11.2 Å². The summed E-state index contributed by atoms with van der Waals surface area (Å²) in [5, 5.41) is 3.54. The Morgan fingerprint density at radius 3 is 2.71 bits per heavy atom. The summed E-state index contributed by atoms with van der Waals surface area (Å²) >= 11 is 6.08. The molecule has 0 spiro atoms. The van der Waals surface area contributed by atoms with Gasteiger partial charge in [-0.05, 0) is 43.2 Å². The number of aromatic nitrogens is 2. The third kappa shape index (κ3) is 3.41. The molecule has 1 saturated carbocycles. The lowest BCUT2D eigenvalue weighted by Crippen LogP contribution is -2.42. The van der Waals surface area contributed by atoms with Gasteiger partial charge in [-0.2, -0.15) is 0 Å². The van der Waals surface area contributed by atoms with E-state index in [1.54, 1.807) is 36.4 Å². The van der Waals surface area contributed by atoms with E-state index in [-0.39, 0.29) is 18.5 Å². The summed E-state index contributed by atoms with van der Waals surface area (Å²) in [6.45, 7) is -0.198. The largest absolute Gasteiger partial charge is 0.497 e. The maximum atomic E-state index is 13.2. The molecule has 0 unspecified atom stereocenters. The number of fused-ring (bicyclic) bond motifs is 1. The Balaban J connectivity index is 1.94. The minimum Gasteiger partial charge on any atom is -0.497 e. The molecule has 1 N–H and O–H groups in total. The highest BCUT2D eigenvalue weighted by Gasteiger charge is 2.24. The number of halogens is 1. The molecule has 0 radical (unpaired) electrons. The van der Waals surface area contributed by atoms with Gasteiger partial charge in [-0.15, -0.1) is 0 Å². The molecule has 3 aromatic rings. The molecule has 0 saturated heterocycles. The molecular formula is C20H18ClN3O4. The molecule has 8 heteroatoms. The van der Waals surface area contributed by atoms with Gasteiger partial charge in [0.25, 0.3) is 5.56 Å². The smallest absolute Gasteiger partial charge is 0.336 e. The fourth-order valence-corrected chi connectivity index (χ4v) is 3.28. The van der Waals surface area contributed by atoms with Crippen LogP contribution in [-0.2, 0) is 11.3 Å². The van der Waals surface area contributed by atoms with Gasteiger partial charge in [0.2, 0.25) is 5.91 Å². The van der Waals surface area contributed by atoms with Gasteiger partial charge in [-0.3, -0.25) is 14.2 Å². The van der Waals surface area contributed by atoms with Crippen molar-refractivity contribution in [1.29, 1.82) is 0 Å². The average Bonchev–Trinajstić information content (AvgIpc) is 3.49. The zero-order chi connectivity index (χ0) is 19.8. The third-order valence-electron chi connectivity index (χ3n) is 4.66. The van der Waals surface area contributed by atoms with Gasteiger partial charge < -0.3 is 10.1 Å². The maximum absolute atomic E-state index is 13.2. The number of ether oxygens (including phenoxy) is 1. The highest BCUT2D eigenvalue weighted by Crippen LogP contribution is 2.20. The van der Waals surface area contributed by atoms with Crippen molar-refractivity contribution in [2.24, 2.45) is 0 Å². The number of carbonyl (C=O) groups is 1. The number of hydrogen-bond acceptors (Lipinski definition) is 4. The van der Waals surface area contributed by atoms with Gasteiger partial charge in [0.05, 0.1) is 23.7 Å². The van der Waals surface area contributed by atoms with E-state index in [0.29, 0.717) is 27.4 Å². The van der Waals surface area contributed by atoms with E-state index in [2.05, 4.69) is 5.32 Å². The van der Waals surface area contributed by atoms with Gasteiger partial charge in [-0.25, -0.2) is 9.36 Å². The molecule has 2 aromatic carbocycles. The summed E-state index contributed by atoms with van der Waals surface area (Å²) < 4.78 is 7.52. The Morgan fingerprint density at radius 2 is 2.00 bits per heavy atom. The van der Waals surface area contributed by atoms with Crippen molar-refractivity contribution in [3.05, 3.63) is 68.3 Å². The Bertz CT molecular complexity index is 1190. The number of nitrogens with zero attached hydrogens (tertiary/aromatic N) is 2. The van der Waals surface area contributed by atoms with Crippen LogP contribution in [0.15, 0.2) is 52.1 Å². The van der Waals surface area contributed by atoms with E-state index in [1.807, 2.05) is 0 Å². The van der Waals surface area contributed by atoms with Crippen LogP contribution in [0.4, 0.5) is 0 Å². The first-order chi connectivity index (χ1) is 13.5. The van der Waals surface area contributed by atoms with Crippen molar-refractivity contribution in [2.75, 3.05) is 7.11 Å². The number of methoxy groups -OCH3 is 1. The lowest BCUT2D eigenvalue weighted by molar-refractivity contribution is -0.121. The number of rotatable bonds is 5. The monoisotopic (exact) mass is 399 g/mol. The Hall–Kier alpha value is -3.06. The summed E-state index contributed by atoms with van der Waals surface area (Å²) in [5.74, 6) is 0.236. The minimum atomic E-state index is -0.612. The third-order valence-corrected chi connectivity index (χ3v) is 4.90. The summed E-state index contributed by atoms with van der Waals surface area (Å²) in [4.78, 5) is 38.6. The number of hydrogen-bond donors (Lipinski definition) is 1. The van der Waals surface area contributed by atoms with Crippen molar-refractivity contribution < 1.29 is 9.53 Å². The molecule has 144 valence electrons. The summed E-state index contributed by atoms with van der Waals surface area (Å²) in [5.41, 5.74) is -0.405. The van der Waals surface area contributed by atoms with E-state index in [1.165, 1.54) is 17.7 Å². The van der Waals surface area contributed by atoms with Crippen LogP contribution in [-0.4, -0.2) is 28.2 Å². The normalized spacial score (nSPS) is 13.5. The quantitative estimate of drug-likeness (QED) is 0.712. The summed E-state index contributed by atoms with van der Waals surface area (Å²) in [7, 11) is 1.50. The van der Waals surface area contributed by atoms with Gasteiger partial charge in [0, 0.05) is 17.1 Å². The first kappa shape index (κ1) is 18.3. The molecule has 1 aliphatic rings. The lowest BCUT2D eigenvalue weighted by Gasteiger charge is -2.15. The van der Waals surface area contributed by atoms with Crippen molar-refractivity contribution in [3.63, 3.8) is 0 Å². The van der Waals surface area contributed by atoms with Crippen LogP contribution in [0.2, 0.25) is 5.02 Å². The second-order valence-electron chi connectivity index (χ2n) is 6.71. The molecule has 1 aliphatic carbocycles. The Kier molecular flexibility index (Phi) is 4.68. The molecule has 1 heterocycles. The molecular weight excluding hydrogens is 382 g/mol. The Labute approximate surface area is 165 Å². The molecule has 1 fully saturated rings. The van der Waals surface area contributed by atoms with E-state index in [0.717, 1.165) is 17.4 Å². The van der Waals surface area contributed by atoms with Crippen molar-refractivity contribution in [3.8, 4) is 11.4 Å². The van der Waals surface area contributed by atoms with Gasteiger partial charge >= 0.3 is 5.69 Å². The van der Waals surface area contributed by atoms with Crippen LogP contribution in [0.5, 0.6) is 5.75 Å². The summed E-state index contributed by atoms with van der Waals surface area (Å²) in [6.07, 6.45) is 1.88. The number of nitrogens with one attached hydrogen (secondary N) is 1. The van der Waals surface area contributed by atoms with Crippen LogP contribution in [0.25, 0.3) is 16.6 Å². The van der Waals surface area contributed by atoms with E-state index >= 15 is 0 Å². The first-order valence-corrected chi connectivity index (χ1v) is 9.24.